The lowest BCUT2D eigenvalue weighted by Gasteiger charge is -2.27. The Morgan fingerprint density at radius 3 is 2.78 bits per heavy atom. The topological polar surface area (TPSA) is 55.5 Å². The molecule has 0 spiro atoms. The minimum Gasteiger partial charge on any atom is -0.394 e. The molecule has 0 radical (unpaired) electrons. The van der Waals surface area contributed by atoms with Crippen LogP contribution in [-0.4, -0.2) is 35.9 Å². The minimum atomic E-state index is -0.648. The molecule has 4 heteroatoms. The summed E-state index contributed by atoms with van der Waals surface area (Å²) in [5.41, 5.74) is 6.64. The average Bonchev–Trinajstić information content (AvgIpc) is 2.93. The largest absolute Gasteiger partial charge is 0.394 e. The van der Waals surface area contributed by atoms with Gasteiger partial charge in [-0.15, -0.1) is 0 Å². The van der Waals surface area contributed by atoms with Crippen LogP contribution in [0.15, 0.2) is 30.3 Å². The maximum atomic E-state index is 9.56. The van der Waals surface area contributed by atoms with E-state index in [0.29, 0.717) is 11.9 Å². The molecule has 1 aromatic rings. The molecule has 0 aromatic heterocycles. The van der Waals surface area contributed by atoms with Crippen LogP contribution in [-0.2, 0) is 10.3 Å². The van der Waals surface area contributed by atoms with Gasteiger partial charge in [-0.1, -0.05) is 30.3 Å². The Kier molecular flexibility index (Phi) is 5.06. The molecule has 2 unspecified atom stereocenters. The predicted molar refractivity (Wildman–Crippen MR) is 75.7 cm³/mol. The molecule has 2 atom stereocenters. The molecule has 1 aromatic carbocycles. The van der Waals surface area contributed by atoms with E-state index in [0.717, 1.165) is 30.8 Å². The van der Waals surface area contributed by atoms with Crippen LogP contribution in [0.5, 0.6) is 0 Å². The van der Waals surface area contributed by atoms with E-state index in [9.17, 15) is 5.11 Å². The minimum absolute atomic E-state index is 0.0322. The Hall–Kier alpha value is -0.550. The summed E-state index contributed by atoms with van der Waals surface area (Å²) in [6.45, 7) is 0.854. The summed E-state index contributed by atoms with van der Waals surface area (Å²) in [6.07, 6.45) is 2.68. The lowest BCUT2D eigenvalue weighted by molar-refractivity contribution is 0.128. The summed E-state index contributed by atoms with van der Waals surface area (Å²) in [4.78, 5) is 0. The van der Waals surface area contributed by atoms with Gasteiger partial charge >= 0.3 is 0 Å². The average molecular weight is 267 g/mol. The van der Waals surface area contributed by atoms with E-state index in [1.54, 1.807) is 11.8 Å². The SMILES string of the molecule is NC(CO)(CSCC1CCCO1)c1ccccc1. The Morgan fingerprint density at radius 2 is 2.17 bits per heavy atom. The van der Waals surface area contributed by atoms with Crippen molar-refractivity contribution in [2.75, 3.05) is 24.7 Å². The second-order valence-electron chi connectivity index (χ2n) is 4.83. The van der Waals surface area contributed by atoms with Crippen LogP contribution in [0, 0.1) is 0 Å². The smallest absolute Gasteiger partial charge is 0.0735 e. The van der Waals surface area contributed by atoms with Crippen LogP contribution in [0.25, 0.3) is 0 Å². The fraction of sp³-hybridized carbons (Fsp3) is 0.571. The van der Waals surface area contributed by atoms with Crippen molar-refractivity contribution in [3.8, 4) is 0 Å². The van der Waals surface area contributed by atoms with Gasteiger partial charge in [-0.3, -0.25) is 0 Å². The van der Waals surface area contributed by atoms with E-state index in [2.05, 4.69) is 0 Å². The van der Waals surface area contributed by atoms with E-state index in [1.807, 2.05) is 30.3 Å². The number of thioether (sulfide) groups is 1. The van der Waals surface area contributed by atoms with Crippen molar-refractivity contribution in [1.29, 1.82) is 0 Å². The highest BCUT2D eigenvalue weighted by Crippen LogP contribution is 2.25. The monoisotopic (exact) mass is 267 g/mol. The standard InChI is InChI=1S/C14H21NO2S/c15-14(10-16,12-5-2-1-3-6-12)11-18-9-13-7-4-8-17-13/h1-3,5-6,13,16H,4,7-11,15H2. The first kappa shape index (κ1) is 13.9. The zero-order valence-electron chi connectivity index (χ0n) is 10.5. The first-order valence-electron chi connectivity index (χ1n) is 6.39. The fourth-order valence-electron chi connectivity index (χ4n) is 2.14. The molecule has 0 amide bonds. The van der Waals surface area contributed by atoms with E-state index in [1.165, 1.54) is 0 Å². The molecule has 0 aliphatic carbocycles. The van der Waals surface area contributed by atoms with Gasteiger partial charge in [0.25, 0.3) is 0 Å². The third-order valence-corrected chi connectivity index (χ3v) is 4.64. The normalized spacial score (nSPS) is 22.9. The van der Waals surface area contributed by atoms with Crippen molar-refractivity contribution in [3.63, 3.8) is 0 Å². The quantitative estimate of drug-likeness (QED) is 0.824. The highest BCUT2D eigenvalue weighted by molar-refractivity contribution is 7.99. The van der Waals surface area contributed by atoms with Gasteiger partial charge in [0, 0.05) is 18.1 Å². The molecular formula is C14H21NO2S. The third kappa shape index (κ3) is 3.48. The summed E-state index contributed by atoms with van der Waals surface area (Å²) in [5, 5.41) is 9.56. The summed E-state index contributed by atoms with van der Waals surface area (Å²) in [7, 11) is 0. The zero-order valence-corrected chi connectivity index (χ0v) is 11.4. The summed E-state index contributed by atoms with van der Waals surface area (Å²) in [5.74, 6) is 1.68. The van der Waals surface area contributed by atoms with Gasteiger partial charge < -0.3 is 15.6 Å². The van der Waals surface area contributed by atoms with E-state index in [-0.39, 0.29) is 6.61 Å². The molecule has 100 valence electrons. The molecule has 1 fully saturated rings. The lowest BCUT2D eigenvalue weighted by Crippen LogP contribution is -2.43. The van der Waals surface area contributed by atoms with Crippen LogP contribution >= 0.6 is 11.8 Å². The zero-order chi connectivity index (χ0) is 12.8. The maximum absolute atomic E-state index is 9.56. The van der Waals surface area contributed by atoms with Crippen molar-refractivity contribution in [2.45, 2.75) is 24.5 Å². The number of ether oxygens (including phenoxy) is 1. The molecule has 3 nitrogen and oxygen atoms in total. The first-order valence-corrected chi connectivity index (χ1v) is 7.55. The van der Waals surface area contributed by atoms with Crippen molar-refractivity contribution in [2.24, 2.45) is 5.73 Å². The van der Waals surface area contributed by atoms with Gasteiger partial charge in [-0.05, 0) is 18.4 Å². The Morgan fingerprint density at radius 1 is 1.39 bits per heavy atom. The second-order valence-corrected chi connectivity index (χ2v) is 5.86. The molecule has 1 aliphatic rings. The highest BCUT2D eigenvalue weighted by atomic mass is 32.2. The van der Waals surface area contributed by atoms with Crippen molar-refractivity contribution in [3.05, 3.63) is 35.9 Å². The third-order valence-electron chi connectivity index (χ3n) is 3.32. The van der Waals surface area contributed by atoms with Gasteiger partial charge in [0.1, 0.15) is 0 Å². The summed E-state index contributed by atoms with van der Waals surface area (Å²) >= 11 is 1.77. The molecule has 1 saturated heterocycles. The van der Waals surface area contributed by atoms with Crippen LogP contribution in [0.1, 0.15) is 18.4 Å². The van der Waals surface area contributed by atoms with Crippen molar-refractivity contribution >= 4 is 11.8 Å². The van der Waals surface area contributed by atoms with Crippen LogP contribution < -0.4 is 5.73 Å². The summed E-state index contributed by atoms with van der Waals surface area (Å²) in [6, 6.07) is 9.82. The van der Waals surface area contributed by atoms with E-state index < -0.39 is 5.54 Å². The lowest BCUT2D eigenvalue weighted by atomic mass is 9.94. The van der Waals surface area contributed by atoms with Gasteiger partial charge in [-0.2, -0.15) is 11.8 Å². The van der Waals surface area contributed by atoms with Crippen LogP contribution in [0.3, 0.4) is 0 Å². The molecule has 18 heavy (non-hydrogen) atoms. The molecule has 1 aliphatic heterocycles. The number of aliphatic hydroxyl groups excluding tert-OH is 1. The molecule has 0 bridgehead atoms. The van der Waals surface area contributed by atoms with Gasteiger partial charge in [-0.25, -0.2) is 0 Å². The second kappa shape index (κ2) is 6.57. The summed E-state index contributed by atoms with van der Waals surface area (Å²) < 4.78 is 5.58. The number of benzene rings is 1. The van der Waals surface area contributed by atoms with Crippen molar-refractivity contribution in [1.82, 2.24) is 0 Å². The Labute approximate surface area is 113 Å². The predicted octanol–water partition coefficient (Wildman–Crippen LogP) is 1.75. The Bertz CT molecular complexity index is 354. The Balaban J connectivity index is 1.87. The van der Waals surface area contributed by atoms with Crippen molar-refractivity contribution < 1.29 is 9.84 Å². The van der Waals surface area contributed by atoms with Gasteiger partial charge in [0.2, 0.25) is 0 Å². The molecular weight excluding hydrogens is 246 g/mol. The number of hydrogen-bond acceptors (Lipinski definition) is 4. The fourth-order valence-corrected chi connectivity index (χ4v) is 3.40. The van der Waals surface area contributed by atoms with Gasteiger partial charge in [0.05, 0.1) is 18.2 Å². The van der Waals surface area contributed by atoms with Crippen LogP contribution in [0.4, 0.5) is 0 Å². The number of rotatable bonds is 6. The van der Waals surface area contributed by atoms with E-state index >= 15 is 0 Å². The molecule has 0 saturated carbocycles. The maximum Gasteiger partial charge on any atom is 0.0735 e. The van der Waals surface area contributed by atoms with Gasteiger partial charge in [0.15, 0.2) is 0 Å². The van der Waals surface area contributed by atoms with Crippen LogP contribution in [0.2, 0.25) is 0 Å². The first-order chi connectivity index (χ1) is 8.74. The number of hydrogen-bond donors (Lipinski definition) is 2. The number of nitrogens with two attached hydrogens (primary N) is 1. The number of aliphatic hydroxyl groups is 1. The highest BCUT2D eigenvalue weighted by Gasteiger charge is 2.27. The molecule has 2 rings (SSSR count). The molecule has 1 heterocycles. The molecule has 3 N–H and O–H groups in total. The van der Waals surface area contributed by atoms with E-state index in [4.69, 9.17) is 10.5 Å².